The zero-order valence-corrected chi connectivity index (χ0v) is 17.3. The van der Waals surface area contributed by atoms with Gasteiger partial charge in [0, 0.05) is 17.7 Å². The Kier molecular flexibility index (Phi) is 5.26. The lowest BCUT2D eigenvalue weighted by atomic mass is 10.0. The van der Waals surface area contributed by atoms with Gasteiger partial charge in [-0.1, -0.05) is 47.1 Å². The van der Waals surface area contributed by atoms with Gasteiger partial charge in [-0.2, -0.15) is 0 Å². The molecule has 156 valence electrons. The average Bonchev–Trinajstić information content (AvgIpc) is 3.24. The molecule has 0 unspecified atom stereocenters. The van der Waals surface area contributed by atoms with Crippen LogP contribution in [0.15, 0.2) is 65.4 Å². The number of aromatic nitrogens is 3. The van der Waals surface area contributed by atoms with E-state index < -0.39 is 0 Å². The van der Waals surface area contributed by atoms with E-state index in [0.717, 1.165) is 29.3 Å². The average molecular weight is 435 g/mol. The van der Waals surface area contributed by atoms with Crippen molar-refractivity contribution in [3.63, 3.8) is 0 Å². The Bertz CT molecular complexity index is 1210. The predicted molar refractivity (Wildman–Crippen MR) is 116 cm³/mol. The first-order chi connectivity index (χ1) is 15.2. The molecule has 1 aliphatic rings. The van der Waals surface area contributed by atoms with Crippen molar-refractivity contribution < 1.29 is 14.1 Å². The van der Waals surface area contributed by atoms with E-state index in [1.807, 2.05) is 42.5 Å². The standard InChI is InChI=1S/C23H19ClN4O3/c24-17-12-25-23(26-13-17)30-18-7-4-10-28(14-18)22(29)16-8-9-20-19(11-16)21(31-27-20)15-5-2-1-3-6-15/h1-3,5-6,8-9,11-13,18H,4,7,10,14H2/t18-/m1/s1. The van der Waals surface area contributed by atoms with Crippen LogP contribution in [0.3, 0.4) is 0 Å². The number of fused-ring (bicyclic) bond motifs is 1. The summed E-state index contributed by atoms with van der Waals surface area (Å²) in [4.78, 5) is 23.2. The van der Waals surface area contributed by atoms with Crippen LogP contribution in [0.1, 0.15) is 23.2 Å². The van der Waals surface area contributed by atoms with Gasteiger partial charge in [-0.25, -0.2) is 9.97 Å². The van der Waals surface area contributed by atoms with Crippen molar-refractivity contribution in [3.8, 4) is 17.3 Å². The molecule has 4 aromatic rings. The molecule has 31 heavy (non-hydrogen) atoms. The molecule has 7 nitrogen and oxygen atoms in total. The molecule has 0 N–H and O–H groups in total. The lowest BCUT2D eigenvalue weighted by Crippen LogP contribution is -2.44. The van der Waals surface area contributed by atoms with E-state index >= 15 is 0 Å². The van der Waals surface area contributed by atoms with Crippen LogP contribution in [0.5, 0.6) is 6.01 Å². The molecule has 5 rings (SSSR count). The number of halogens is 1. The van der Waals surface area contributed by atoms with Crippen LogP contribution in [0.4, 0.5) is 0 Å². The smallest absolute Gasteiger partial charge is 0.316 e. The second-order valence-corrected chi connectivity index (χ2v) is 7.86. The van der Waals surface area contributed by atoms with Crippen LogP contribution >= 0.6 is 11.6 Å². The molecular weight excluding hydrogens is 416 g/mol. The number of likely N-dealkylation sites (tertiary alicyclic amines) is 1. The summed E-state index contributed by atoms with van der Waals surface area (Å²) in [6, 6.07) is 15.5. The monoisotopic (exact) mass is 434 g/mol. The van der Waals surface area contributed by atoms with Gasteiger partial charge in [0.2, 0.25) is 0 Å². The fourth-order valence-electron chi connectivity index (χ4n) is 3.78. The molecule has 0 saturated carbocycles. The van der Waals surface area contributed by atoms with E-state index in [1.54, 1.807) is 11.0 Å². The Hall–Kier alpha value is -3.45. The summed E-state index contributed by atoms with van der Waals surface area (Å²) in [5, 5.41) is 5.40. The number of piperidine rings is 1. The van der Waals surface area contributed by atoms with E-state index in [-0.39, 0.29) is 18.0 Å². The molecule has 1 saturated heterocycles. The topological polar surface area (TPSA) is 81.4 Å². The minimum Gasteiger partial charge on any atom is -0.458 e. The molecule has 2 aromatic heterocycles. The number of hydrogen-bond acceptors (Lipinski definition) is 6. The maximum Gasteiger partial charge on any atom is 0.316 e. The lowest BCUT2D eigenvalue weighted by molar-refractivity contribution is 0.0516. The van der Waals surface area contributed by atoms with Crippen molar-refractivity contribution in [1.29, 1.82) is 0 Å². The van der Waals surface area contributed by atoms with Crippen molar-refractivity contribution in [2.75, 3.05) is 13.1 Å². The first-order valence-electron chi connectivity index (χ1n) is 10.1. The van der Waals surface area contributed by atoms with Crippen LogP contribution in [0.25, 0.3) is 22.2 Å². The largest absolute Gasteiger partial charge is 0.458 e. The highest BCUT2D eigenvalue weighted by atomic mass is 35.5. The molecule has 3 heterocycles. The number of ether oxygens (including phenoxy) is 1. The van der Waals surface area contributed by atoms with Crippen molar-refractivity contribution in [2.45, 2.75) is 18.9 Å². The zero-order valence-electron chi connectivity index (χ0n) is 16.6. The molecule has 1 fully saturated rings. The zero-order chi connectivity index (χ0) is 21.2. The van der Waals surface area contributed by atoms with E-state index in [9.17, 15) is 4.79 Å². The van der Waals surface area contributed by atoms with Gasteiger partial charge >= 0.3 is 6.01 Å². The number of hydrogen-bond donors (Lipinski definition) is 0. The quantitative estimate of drug-likeness (QED) is 0.466. The van der Waals surface area contributed by atoms with Gasteiger partial charge in [0.1, 0.15) is 11.6 Å². The van der Waals surface area contributed by atoms with Crippen molar-refractivity contribution in [3.05, 3.63) is 71.5 Å². The Morgan fingerprint density at radius 3 is 2.74 bits per heavy atom. The molecule has 8 heteroatoms. The number of rotatable bonds is 4. The molecule has 1 aliphatic heterocycles. The molecule has 0 spiro atoms. The van der Waals surface area contributed by atoms with E-state index in [4.69, 9.17) is 20.9 Å². The third kappa shape index (κ3) is 4.09. The SMILES string of the molecule is O=C(c1ccc2noc(-c3ccccc3)c2c1)N1CCC[C@@H](Oc2ncc(Cl)cn2)C1. The molecule has 0 aliphatic carbocycles. The van der Waals surface area contributed by atoms with Gasteiger partial charge in [0.25, 0.3) is 5.91 Å². The Morgan fingerprint density at radius 1 is 1.13 bits per heavy atom. The Balaban J connectivity index is 1.36. The van der Waals surface area contributed by atoms with Gasteiger partial charge < -0.3 is 14.2 Å². The van der Waals surface area contributed by atoms with Crippen LogP contribution in [-0.2, 0) is 0 Å². The predicted octanol–water partition coefficient (Wildman–Crippen LogP) is 4.62. The third-order valence-electron chi connectivity index (χ3n) is 5.29. The third-order valence-corrected chi connectivity index (χ3v) is 5.49. The maximum atomic E-state index is 13.2. The summed E-state index contributed by atoms with van der Waals surface area (Å²) in [7, 11) is 0. The molecule has 0 radical (unpaired) electrons. The normalized spacial score (nSPS) is 16.4. The summed E-state index contributed by atoms with van der Waals surface area (Å²) < 4.78 is 11.4. The van der Waals surface area contributed by atoms with Crippen LogP contribution < -0.4 is 4.74 Å². The fourth-order valence-corrected chi connectivity index (χ4v) is 3.88. The number of nitrogens with zero attached hydrogens (tertiary/aromatic N) is 4. The van der Waals surface area contributed by atoms with Gasteiger partial charge in [0.15, 0.2) is 5.76 Å². The minimum atomic E-state index is -0.168. The van der Waals surface area contributed by atoms with Crippen LogP contribution in [0.2, 0.25) is 5.02 Å². The molecule has 1 atom stereocenters. The summed E-state index contributed by atoms with van der Waals surface area (Å²) in [6.45, 7) is 1.14. The molecular formula is C23H19ClN4O3. The number of benzene rings is 2. The van der Waals surface area contributed by atoms with Gasteiger partial charge in [-0.05, 0) is 31.0 Å². The Labute approximate surface area is 183 Å². The van der Waals surface area contributed by atoms with Crippen molar-refractivity contribution >= 4 is 28.4 Å². The highest BCUT2D eigenvalue weighted by Gasteiger charge is 2.27. The maximum absolute atomic E-state index is 13.2. The van der Waals surface area contributed by atoms with E-state index in [0.29, 0.717) is 29.4 Å². The summed E-state index contributed by atoms with van der Waals surface area (Å²) in [5.74, 6) is 0.609. The molecule has 2 aromatic carbocycles. The first-order valence-corrected chi connectivity index (χ1v) is 10.4. The van der Waals surface area contributed by atoms with Gasteiger partial charge in [-0.3, -0.25) is 4.79 Å². The minimum absolute atomic E-state index is 0.0487. The second kappa shape index (κ2) is 8.35. The van der Waals surface area contributed by atoms with E-state index in [1.165, 1.54) is 12.4 Å². The highest BCUT2D eigenvalue weighted by Crippen LogP contribution is 2.30. The summed E-state index contributed by atoms with van der Waals surface area (Å²) in [5.41, 5.74) is 2.23. The van der Waals surface area contributed by atoms with Crippen molar-refractivity contribution in [2.24, 2.45) is 0 Å². The summed E-state index contributed by atoms with van der Waals surface area (Å²) in [6.07, 6.45) is 4.49. The van der Waals surface area contributed by atoms with Gasteiger partial charge in [-0.15, -0.1) is 0 Å². The molecule has 1 amide bonds. The van der Waals surface area contributed by atoms with E-state index in [2.05, 4.69) is 15.1 Å². The summed E-state index contributed by atoms with van der Waals surface area (Å²) >= 11 is 5.83. The molecule has 0 bridgehead atoms. The highest BCUT2D eigenvalue weighted by molar-refractivity contribution is 6.30. The van der Waals surface area contributed by atoms with Gasteiger partial charge in [0.05, 0.1) is 29.3 Å². The lowest BCUT2D eigenvalue weighted by Gasteiger charge is -2.32. The first kappa shape index (κ1) is 19.5. The number of carbonyl (C=O) groups is 1. The Morgan fingerprint density at radius 2 is 1.94 bits per heavy atom. The number of carbonyl (C=O) groups excluding carboxylic acids is 1. The van der Waals surface area contributed by atoms with Crippen molar-refractivity contribution in [1.82, 2.24) is 20.0 Å². The van der Waals surface area contributed by atoms with Crippen LogP contribution in [0, 0.1) is 0 Å². The van der Waals surface area contributed by atoms with Crippen LogP contribution in [-0.4, -0.2) is 45.1 Å². The fraction of sp³-hybridized carbons (Fsp3) is 0.217. The number of amides is 1. The second-order valence-electron chi connectivity index (χ2n) is 7.43.